The van der Waals surface area contributed by atoms with E-state index in [0.29, 0.717) is 10.3 Å². The van der Waals surface area contributed by atoms with Crippen LogP contribution in [0.25, 0.3) is 21.3 Å². The van der Waals surface area contributed by atoms with Gasteiger partial charge in [0, 0.05) is 20.1 Å². The molecule has 0 aliphatic heterocycles. The first-order chi connectivity index (χ1) is 15.7. The molecular formula is C22H23FN4O4S2. The first-order valence-corrected chi connectivity index (χ1v) is 12.6. The Balaban J connectivity index is 1.68. The van der Waals surface area contributed by atoms with Crippen LogP contribution in [-0.2, 0) is 19.6 Å². The van der Waals surface area contributed by atoms with Crippen LogP contribution in [0.5, 0.6) is 0 Å². The Bertz CT molecular complexity index is 1300. The number of thiazole rings is 1. The summed E-state index contributed by atoms with van der Waals surface area (Å²) in [5.74, 6) is -1.90. The Morgan fingerprint density at radius 1 is 1.18 bits per heavy atom. The zero-order valence-electron chi connectivity index (χ0n) is 18.0. The Kier molecular flexibility index (Phi) is 6.46. The predicted molar refractivity (Wildman–Crippen MR) is 125 cm³/mol. The molecule has 1 aliphatic carbocycles. The molecule has 1 fully saturated rings. The van der Waals surface area contributed by atoms with Gasteiger partial charge in [-0.05, 0) is 36.1 Å². The van der Waals surface area contributed by atoms with Crippen LogP contribution in [0.2, 0.25) is 0 Å². The number of nitrogens with one attached hydrogen (secondary N) is 2. The summed E-state index contributed by atoms with van der Waals surface area (Å²) in [5.41, 5.74) is 1.40. The number of nitrogens with zero attached hydrogens (tertiary/aromatic N) is 2. The second kappa shape index (κ2) is 9.16. The SMILES string of the molecule is CN(C)S(=O)(=O)C(C(=O)NCC(=O)NC1CC1)c1nc2c(F)cc(-c3ccccc3)cc2s1. The minimum absolute atomic E-state index is 0.00656. The molecule has 1 saturated carbocycles. The van der Waals surface area contributed by atoms with Gasteiger partial charge in [-0.1, -0.05) is 30.3 Å². The van der Waals surface area contributed by atoms with Gasteiger partial charge in [0.25, 0.3) is 0 Å². The van der Waals surface area contributed by atoms with Crippen molar-refractivity contribution in [1.82, 2.24) is 19.9 Å². The summed E-state index contributed by atoms with van der Waals surface area (Å²) in [6.07, 6.45) is 1.78. The molecule has 0 radical (unpaired) electrons. The van der Waals surface area contributed by atoms with E-state index in [1.807, 2.05) is 30.3 Å². The molecule has 0 bridgehead atoms. The number of carbonyl (C=O) groups is 2. The van der Waals surface area contributed by atoms with Crippen LogP contribution in [-0.4, -0.2) is 56.2 Å². The van der Waals surface area contributed by atoms with Crippen molar-refractivity contribution < 1.29 is 22.4 Å². The summed E-state index contributed by atoms with van der Waals surface area (Å²) in [6, 6.07) is 12.3. The van der Waals surface area contributed by atoms with Gasteiger partial charge in [0.2, 0.25) is 27.1 Å². The summed E-state index contributed by atoms with van der Waals surface area (Å²) in [5, 5.41) is 3.33. The molecular weight excluding hydrogens is 467 g/mol. The van der Waals surface area contributed by atoms with Gasteiger partial charge in [0.15, 0.2) is 5.82 Å². The Hall–Kier alpha value is -2.89. The van der Waals surface area contributed by atoms with Gasteiger partial charge in [0.1, 0.15) is 10.5 Å². The fourth-order valence-corrected chi connectivity index (χ4v) is 5.86. The van der Waals surface area contributed by atoms with E-state index in [2.05, 4.69) is 15.6 Å². The molecule has 0 spiro atoms. The van der Waals surface area contributed by atoms with Crippen LogP contribution in [0.15, 0.2) is 42.5 Å². The molecule has 0 saturated heterocycles. The van der Waals surface area contributed by atoms with Crippen LogP contribution in [0.3, 0.4) is 0 Å². The van der Waals surface area contributed by atoms with Crippen molar-refractivity contribution >= 4 is 43.4 Å². The molecule has 2 aromatic carbocycles. The molecule has 1 aliphatic rings. The average molecular weight is 491 g/mol. The molecule has 3 aromatic rings. The topological polar surface area (TPSA) is 108 Å². The molecule has 11 heteroatoms. The van der Waals surface area contributed by atoms with Crippen LogP contribution in [0, 0.1) is 5.82 Å². The summed E-state index contributed by atoms with van der Waals surface area (Å²) in [4.78, 5) is 29.1. The van der Waals surface area contributed by atoms with E-state index in [1.165, 1.54) is 20.2 Å². The highest BCUT2D eigenvalue weighted by Crippen LogP contribution is 2.35. The van der Waals surface area contributed by atoms with Gasteiger partial charge in [0.05, 0.1) is 11.2 Å². The number of rotatable bonds is 8. The maximum Gasteiger partial charge on any atom is 0.247 e. The quantitative estimate of drug-likeness (QED) is 0.504. The van der Waals surface area contributed by atoms with Crippen molar-refractivity contribution in [2.24, 2.45) is 0 Å². The fraction of sp³-hybridized carbons (Fsp3) is 0.318. The molecule has 1 unspecified atom stereocenters. The number of benzene rings is 2. The first-order valence-electron chi connectivity index (χ1n) is 10.3. The Morgan fingerprint density at radius 3 is 2.52 bits per heavy atom. The zero-order chi connectivity index (χ0) is 23.8. The van der Waals surface area contributed by atoms with E-state index in [1.54, 1.807) is 6.07 Å². The lowest BCUT2D eigenvalue weighted by atomic mass is 10.1. The summed E-state index contributed by atoms with van der Waals surface area (Å²) >= 11 is 0.938. The lowest BCUT2D eigenvalue weighted by Gasteiger charge is -2.19. The summed E-state index contributed by atoms with van der Waals surface area (Å²) in [6.45, 7) is -0.355. The van der Waals surface area contributed by atoms with Crippen LogP contribution < -0.4 is 10.6 Å². The minimum Gasteiger partial charge on any atom is -0.352 e. The summed E-state index contributed by atoms with van der Waals surface area (Å²) < 4.78 is 42.2. The third-order valence-electron chi connectivity index (χ3n) is 5.21. The second-order valence-electron chi connectivity index (χ2n) is 7.99. The maximum atomic E-state index is 14.9. The van der Waals surface area contributed by atoms with E-state index >= 15 is 0 Å². The molecule has 4 rings (SSSR count). The van der Waals surface area contributed by atoms with Crippen molar-refractivity contribution in [2.45, 2.75) is 24.1 Å². The number of halogens is 1. The first kappa shape index (κ1) is 23.3. The highest BCUT2D eigenvalue weighted by atomic mass is 32.2. The van der Waals surface area contributed by atoms with E-state index in [-0.39, 0.29) is 23.1 Å². The van der Waals surface area contributed by atoms with Crippen LogP contribution in [0.1, 0.15) is 23.1 Å². The Morgan fingerprint density at radius 2 is 1.88 bits per heavy atom. The molecule has 1 aromatic heterocycles. The van der Waals surface area contributed by atoms with Gasteiger partial charge in [-0.3, -0.25) is 9.59 Å². The number of aromatic nitrogens is 1. The van der Waals surface area contributed by atoms with Crippen molar-refractivity contribution in [2.75, 3.05) is 20.6 Å². The van der Waals surface area contributed by atoms with Gasteiger partial charge in [-0.25, -0.2) is 22.1 Å². The van der Waals surface area contributed by atoms with E-state index in [9.17, 15) is 22.4 Å². The van der Waals surface area contributed by atoms with Crippen molar-refractivity contribution in [3.63, 3.8) is 0 Å². The standard InChI is InChI=1S/C22H23FN4O4S2/c1-27(2)33(30,31)20(21(29)24-12-18(28)25-15-8-9-15)22-26-19-16(23)10-14(11-17(19)32-22)13-6-4-3-5-7-13/h3-7,10-11,15,20H,8-9,12H2,1-2H3,(H,24,29)(H,25,28). The molecule has 33 heavy (non-hydrogen) atoms. The van der Waals surface area contributed by atoms with Crippen molar-refractivity contribution in [1.29, 1.82) is 0 Å². The third kappa shape index (κ3) is 5.05. The van der Waals surface area contributed by atoms with Crippen LogP contribution >= 0.6 is 11.3 Å². The molecule has 8 nitrogen and oxygen atoms in total. The van der Waals surface area contributed by atoms with Gasteiger partial charge in [-0.2, -0.15) is 0 Å². The lowest BCUT2D eigenvalue weighted by molar-refractivity contribution is -0.126. The molecule has 1 heterocycles. The van der Waals surface area contributed by atoms with Gasteiger partial charge < -0.3 is 10.6 Å². The molecule has 2 N–H and O–H groups in total. The molecule has 174 valence electrons. The number of carbonyl (C=O) groups excluding carboxylic acids is 2. The monoisotopic (exact) mass is 490 g/mol. The fourth-order valence-electron chi connectivity index (χ4n) is 3.27. The lowest BCUT2D eigenvalue weighted by Crippen LogP contribution is -2.43. The van der Waals surface area contributed by atoms with E-state index < -0.39 is 32.9 Å². The molecule has 1 atom stereocenters. The largest absolute Gasteiger partial charge is 0.352 e. The zero-order valence-corrected chi connectivity index (χ0v) is 19.7. The third-order valence-corrected chi connectivity index (χ3v) is 8.47. The van der Waals surface area contributed by atoms with E-state index in [4.69, 9.17) is 0 Å². The number of fused-ring (bicyclic) bond motifs is 1. The maximum absolute atomic E-state index is 14.9. The van der Waals surface area contributed by atoms with Crippen molar-refractivity contribution in [3.05, 3.63) is 53.3 Å². The predicted octanol–water partition coefficient (Wildman–Crippen LogP) is 2.43. The number of hydrogen-bond donors (Lipinski definition) is 2. The van der Waals surface area contributed by atoms with Crippen molar-refractivity contribution in [3.8, 4) is 11.1 Å². The number of sulfonamides is 1. The number of amides is 2. The highest BCUT2D eigenvalue weighted by molar-refractivity contribution is 7.90. The van der Waals surface area contributed by atoms with Gasteiger partial charge in [-0.15, -0.1) is 11.3 Å². The highest BCUT2D eigenvalue weighted by Gasteiger charge is 2.39. The Labute approximate surface area is 194 Å². The normalized spacial score (nSPS) is 14.9. The smallest absolute Gasteiger partial charge is 0.247 e. The molecule has 2 amide bonds. The number of hydrogen-bond acceptors (Lipinski definition) is 6. The van der Waals surface area contributed by atoms with Gasteiger partial charge >= 0.3 is 0 Å². The van der Waals surface area contributed by atoms with Crippen LogP contribution in [0.4, 0.5) is 4.39 Å². The van der Waals surface area contributed by atoms with E-state index in [0.717, 1.165) is 34.0 Å². The minimum atomic E-state index is -4.16. The average Bonchev–Trinajstić information content (AvgIpc) is 3.48. The second-order valence-corrected chi connectivity index (χ2v) is 11.3. The summed E-state index contributed by atoms with van der Waals surface area (Å²) in [7, 11) is -1.55.